The topological polar surface area (TPSA) is 60.8 Å². The van der Waals surface area contributed by atoms with Crippen molar-refractivity contribution in [3.63, 3.8) is 0 Å². The molecule has 1 aromatic carbocycles. The Bertz CT molecular complexity index is 512. The lowest BCUT2D eigenvalue weighted by Gasteiger charge is -2.19. The van der Waals surface area contributed by atoms with E-state index in [1.807, 2.05) is 19.0 Å². The largest absolute Gasteiger partial charge is 0.505 e. The van der Waals surface area contributed by atoms with Gasteiger partial charge in [-0.1, -0.05) is 6.07 Å². The first-order chi connectivity index (χ1) is 9.38. The van der Waals surface area contributed by atoms with E-state index in [4.69, 9.17) is 5.11 Å². The normalized spacial score (nSPS) is 16.4. The molecule has 0 bridgehead atoms. The minimum absolute atomic E-state index is 0.0664. The summed E-state index contributed by atoms with van der Waals surface area (Å²) >= 11 is 0. The molecule has 20 heavy (non-hydrogen) atoms. The van der Waals surface area contributed by atoms with Crippen LogP contribution in [0.5, 0.6) is 5.75 Å². The number of phenols is 1. The number of hydrogen-bond acceptors (Lipinski definition) is 3. The first-order valence-electron chi connectivity index (χ1n) is 6.76. The van der Waals surface area contributed by atoms with Crippen LogP contribution in [0.1, 0.15) is 36.3 Å². The highest BCUT2D eigenvalue weighted by Gasteiger charge is 2.36. The summed E-state index contributed by atoms with van der Waals surface area (Å²) in [4.78, 5) is 12.9. The Morgan fingerprint density at radius 2 is 2.10 bits per heavy atom. The highest BCUT2D eigenvalue weighted by Crippen LogP contribution is 2.47. The molecule has 1 saturated carbocycles. The number of carboxylic acid groups (broad SMARTS) is 1. The predicted molar refractivity (Wildman–Crippen MR) is 73.2 cm³/mol. The van der Waals surface area contributed by atoms with E-state index in [1.165, 1.54) is 6.07 Å². The van der Waals surface area contributed by atoms with E-state index in [9.17, 15) is 14.3 Å². The van der Waals surface area contributed by atoms with Crippen molar-refractivity contribution in [3.8, 4) is 5.75 Å². The molecule has 0 aliphatic heterocycles. The third-order valence-electron chi connectivity index (χ3n) is 3.64. The number of carboxylic acids is 1. The van der Waals surface area contributed by atoms with Crippen LogP contribution in [0.15, 0.2) is 12.1 Å². The van der Waals surface area contributed by atoms with E-state index >= 15 is 0 Å². The van der Waals surface area contributed by atoms with Crippen LogP contribution in [-0.2, 0) is 11.3 Å². The van der Waals surface area contributed by atoms with Crippen LogP contribution >= 0.6 is 0 Å². The number of benzene rings is 1. The molecule has 0 spiro atoms. The van der Waals surface area contributed by atoms with Crippen LogP contribution in [0.2, 0.25) is 0 Å². The highest BCUT2D eigenvalue weighted by molar-refractivity contribution is 5.68. The molecule has 4 nitrogen and oxygen atoms in total. The standard InChI is InChI=1S/C15H20FNO3/c1-17(2)8-9-5-12(15(20)13(16)6-9)11(7-14(18)19)10-3-4-10/h5-6,10-11,20H,3-4,7-8H2,1-2H3,(H,18,19). The first kappa shape index (κ1) is 14.8. The van der Waals surface area contributed by atoms with E-state index < -0.39 is 17.5 Å². The second-order valence-electron chi connectivity index (χ2n) is 5.80. The number of halogens is 1. The first-order valence-corrected chi connectivity index (χ1v) is 6.76. The lowest BCUT2D eigenvalue weighted by Crippen LogP contribution is -2.13. The van der Waals surface area contributed by atoms with Crippen LogP contribution in [0, 0.1) is 11.7 Å². The van der Waals surface area contributed by atoms with Gasteiger partial charge in [0.1, 0.15) is 0 Å². The molecule has 110 valence electrons. The van der Waals surface area contributed by atoms with Crippen LogP contribution in [0.4, 0.5) is 4.39 Å². The van der Waals surface area contributed by atoms with Gasteiger partial charge in [0.05, 0.1) is 6.42 Å². The summed E-state index contributed by atoms with van der Waals surface area (Å²) in [6.45, 7) is 0.550. The summed E-state index contributed by atoms with van der Waals surface area (Å²) in [5.74, 6) is -2.05. The monoisotopic (exact) mass is 281 g/mol. The Hall–Kier alpha value is -1.62. The lowest BCUT2D eigenvalue weighted by molar-refractivity contribution is -0.137. The van der Waals surface area contributed by atoms with Gasteiger partial charge in [-0.15, -0.1) is 0 Å². The number of aliphatic carboxylic acids is 1. The number of nitrogens with zero attached hydrogens (tertiary/aromatic N) is 1. The van der Waals surface area contributed by atoms with Crippen molar-refractivity contribution in [2.75, 3.05) is 14.1 Å². The molecule has 0 radical (unpaired) electrons. The average Bonchev–Trinajstić information content (AvgIpc) is 3.14. The number of aromatic hydroxyl groups is 1. The maximum absolute atomic E-state index is 13.9. The summed E-state index contributed by atoms with van der Waals surface area (Å²) in [5, 5.41) is 18.9. The Kier molecular flexibility index (Phi) is 4.28. The molecular formula is C15H20FNO3. The number of hydrogen-bond donors (Lipinski definition) is 2. The second kappa shape index (κ2) is 5.79. The summed E-state index contributed by atoms with van der Waals surface area (Å²) in [6, 6.07) is 3.05. The molecule has 1 atom stereocenters. The van der Waals surface area contributed by atoms with E-state index in [0.717, 1.165) is 18.4 Å². The quantitative estimate of drug-likeness (QED) is 0.841. The van der Waals surface area contributed by atoms with Crippen molar-refractivity contribution >= 4 is 5.97 Å². The Labute approximate surface area is 117 Å². The van der Waals surface area contributed by atoms with Gasteiger partial charge in [-0.2, -0.15) is 0 Å². The fraction of sp³-hybridized carbons (Fsp3) is 0.533. The molecule has 1 aromatic rings. The van der Waals surface area contributed by atoms with Gasteiger partial charge in [0.25, 0.3) is 0 Å². The third-order valence-corrected chi connectivity index (χ3v) is 3.64. The Morgan fingerprint density at radius 1 is 1.45 bits per heavy atom. The molecule has 0 amide bonds. The van der Waals surface area contributed by atoms with Gasteiger partial charge in [-0.25, -0.2) is 4.39 Å². The molecular weight excluding hydrogens is 261 g/mol. The molecule has 0 saturated heterocycles. The summed E-state index contributed by atoms with van der Waals surface area (Å²) in [7, 11) is 3.75. The Balaban J connectivity index is 2.36. The van der Waals surface area contributed by atoms with Crippen molar-refractivity contribution in [2.24, 2.45) is 5.92 Å². The maximum atomic E-state index is 13.9. The van der Waals surface area contributed by atoms with Crippen LogP contribution in [0.3, 0.4) is 0 Å². The third kappa shape index (κ3) is 3.48. The minimum atomic E-state index is -0.917. The van der Waals surface area contributed by atoms with Gasteiger partial charge in [0.2, 0.25) is 0 Å². The fourth-order valence-corrected chi connectivity index (χ4v) is 2.64. The fourth-order valence-electron chi connectivity index (χ4n) is 2.64. The van der Waals surface area contributed by atoms with Crippen LogP contribution < -0.4 is 0 Å². The molecule has 1 unspecified atom stereocenters. The Morgan fingerprint density at radius 3 is 2.60 bits per heavy atom. The molecule has 2 N–H and O–H groups in total. The molecule has 0 heterocycles. The van der Waals surface area contributed by atoms with Crippen molar-refractivity contribution in [1.29, 1.82) is 0 Å². The molecule has 1 aliphatic carbocycles. The second-order valence-corrected chi connectivity index (χ2v) is 5.80. The van der Waals surface area contributed by atoms with E-state index in [2.05, 4.69) is 0 Å². The van der Waals surface area contributed by atoms with Gasteiger partial charge < -0.3 is 15.1 Å². The SMILES string of the molecule is CN(C)Cc1cc(F)c(O)c(C(CC(=O)O)C2CC2)c1. The van der Waals surface area contributed by atoms with E-state index in [-0.39, 0.29) is 18.3 Å². The summed E-state index contributed by atoms with van der Waals surface area (Å²) in [5.41, 5.74) is 1.18. The number of phenolic OH excluding ortho intramolecular Hbond substituents is 1. The predicted octanol–water partition coefficient (Wildman–Crippen LogP) is 2.56. The van der Waals surface area contributed by atoms with Gasteiger partial charge in [0.15, 0.2) is 11.6 Å². The van der Waals surface area contributed by atoms with Gasteiger partial charge in [0, 0.05) is 18.0 Å². The van der Waals surface area contributed by atoms with Crippen molar-refractivity contribution in [3.05, 3.63) is 29.1 Å². The zero-order chi connectivity index (χ0) is 14.9. The highest BCUT2D eigenvalue weighted by atomic mass is 19.1. The minimum Gasteiger partial charge on any atom is -0.505 e. The molecule has 2 rings (SSSR count). The van der Waals surface area contributed by atoms with Gasteiger partial charge >= 0.3 is 5.97 Å². The smallest absolute Gasteiger partial charge is 0.303 e. The van der Waals surface area contributed by atoms with Crippen molar-refractivity contribution in [2.45, 2.75) is 31.7 Å². The molecule has 1 fully saturated rings. The molecule has 1 aliphatic rings. The lowest BCUT2D eigenvalue weighted by atomic mass is 9.89. The van der Waals surface area contributed by atoms with Crippen molar-refractivity contribution in [1.82, 2.24) is 4.90 Å². The zero-order valence-electron chi connectivity index (χ0n) is 11.8. The zero-order valence-corrected chi connectivity index (χ0v) is 11.8. The van der Waals surface area contributed by atoms with Crippen LogP contribution in [0.25, 0.3) is 0 Å². The van der Waals surface area contributed by atoms with Crippen molar-refractivity contribution < 1.29 is 19.4 Å². The van der Waals surface area contributed by atoms with E-state index in [1.54, 1.807) is 6.07 Å². The summed E-state index contributed by atoms with van der Waals surface area (Å²) in [6.07, 6.45) is 1.82. The molecule has 0 aromatic heterocycles. The average molecular weight is 281 g/mol. The number of rotatable bonds is 6. The molecule has 5 heteroatoms. The number of carbonyl (C=O) groups is 1. The van der Waals surface area contributed by atoms with Crippen LogP contribution in [-0.4, -0.2) is 35.2 Å². The summed E-state index contributed by atoms with van der Waals surface area (Å²) < 4.78 is 13.9. The maximum Gasteiger partial charge on any atom is 0.303 e. The van der Waals surface area contributed by atoms with Gasteiger partial charge in [-0.3, -0.25) is 4.79 Å². The van der Waals surface area contributed by atoms with Gasteiger partial charge in [-0.05, 0) is 44.5 Å². The van der Waals surface area contributed by atoms with E-state index in [0.29, 0.717) is 12.1 Å².